The van der Waals surface area contributed by atoms with Crippen LogP contribution in [0.25, 0.3) is 5.65 Å². The first-order chi connectivity index (χ1) is 8.76. The Bertz CT molecular complexity index is 575. The van der Waals surface area contributed by atoms with Crippen molar-refractivity contribution >= 4 is 11.9 Å². The minimum absolute atomic E-state index is 0.660. The minimum atomic E-state index is 0.660. The van der Waals surface area contributed by atoms with Gasteiger partial charge in [0.15, 0.2) is 6.29 Å². The second-order valence-electron chi connectivity index (χ2n) is 5.17. The number of fused-ring (bicyclic) bond motifs is 1. The summed E-state index contributed by atoms with van der Waals surface area (Å²) in [6, 6.07) is 3.69. The van der Waals surface area contributed by atoms with Gasteiger partial charge in [0.2, 0.25) is 0 Å². The Hall–Kier alpha value is -1.68. The highest BCUT2D eigenvalue weighted by atomic mass is 16.1. The Morgan fingerprint density at radius 3 is 3.17 bits per heavy atom. The van der Waals surface area contributed by atoms with E-state index < -0.39 is 0 Å². The molecule has 0 N–H and O–H groups in total. The summed E-state index contributed by atoms with van der Waals surface area (Å²) in [4.78, 5) is 17.9. The molecule has 0 bridgehead atoms. The highest BCUT2D eigenvalue weighted by molar-refractivity contribution is 5.84. The van der Waals surface area contributed by atoms with Crippen LogP contribution < -0.4 is 0 Å². The SMILES string of the molecule is CN1CCC(Cc2cn3cccc(C=O)c3n2)C1. The Labute approximate surface area is 106 Å². The summed E-state index contributed by atoms with van der Waals surface area (Å²) in [5.74, 6) is 0.694. The fraction of sp³-hybridized carbons (Fsp3) is 0.429. The summed E-state index contributed by atoms with van der Waals surface area (Å²) in [5.41, 5.74) is 2.52. The van der Waals surface area contributed by atoms with E-state index in [1.54, 1.807) is 0 Å². The molecule has 1 saturated heterocycles. The van der Waals surface area contributed by atoms with Gasteiger partial charge in [-0.2, -0.15) is 0 Å². The van der Waals surface area contributed by atoms with Crippen LogP contribution in [0.15, 0.2) is 24.5 Å². The Kier molecular flexibility index (Phi) is 2.88. The summed E-state index contributed by atoms with van der Waals surface area (Å²) in [6.07, 6.45) is 7.10. The van der Waals surface area contributed by atoms with Crippen LogP contribution in [-0.2, 0) is 6.42 Å². The number of hydrogen-bond donors (Lipinski definition) is 0. The van der Waals surface area contributed by atoms with Gasteiger partial charge in [0.1, 0.15) is 5.65 Å². The van der Waals surface area contributed by atoms with Gasteiger partial charge in [-0.1, -0.05) is 0 Å². The molecule has 4 heteroatoms. The standard InChI is InChI=1S/C14H17N3O/c1-16-6-4-11(8-16)7-13-9-17-5-2-3-12(10-18)14(17)15-13/h2-3,5,9-11H,4,6-8H2,1H3. The largest absolute Gasteiger partial charge is 0.306 e. The van der Waals surface area contributed by atoms with Gasteiger partial charge >= 0.3 is 0 Å². The number of aldehydes is 1. The quantitative estimate of drug-likeness (QED) is 0.769. The zero-order valence-electron chi connectivity index (χ0n) is 10.5. The number of likely N-dealkylation sites (tertiary alicyclic amines) is 1. The first-order valence-electron chi connectivity index (χ1n) is 6.36. The number of pyridine rings is 1. The number of nitrogens with zero attached hydrogens (tertiary/aromatic N) is 3. The summed E-state index contributed by atoms with van der Waals surface area (Å²) in [7, 11) is 2.16. The first-order valence-corrected chi connectivity index (χ1v) is 6.36. The summed E-state index contributed by atoms with van der Waals surface area (Å²) < 4.78 is 1.94. The minimum Gasteiger partial charge on any atom is -0.306 e. The van der Waals surface area contributed by atoms with Crippen LogP contribution in [0.2, 0.25) is 0 Å². The number of rotatable bonds is 3. The van der Waals surface area contributed by atoms with Crippen molar-refractivity contribution in [3.05, 3.63) is 35.8 Å². The third kappa shape index (κ3) is 2.04. The molecular formula is C14H17N3O. The Morgan fingerprint density at radius 1 is 1.56 bits per heavy atom. The van der Waals surface area contributed by atoms with Crippen molar-refractivity contribution in [3.63, 3.8) is 0 Å². The van der Waals surface area contributed by atoms with E-state index in [9.17, 15) is 4.79 Å². The van der Waals surface area contributed by atoms with Crippen LogP contribution in [0.4, 0.5) is 0 Å². The topological polar surface area (TPSA) is 37.6 Å². The van der Waals surface area contributed by atoms with Crippen molar-refractivity contribution < 1.29 is 4.79 Å². The van der Waals surface area contributed by atoms with Gasteiger partial charge < -0.3 is 9.30 Å². The van der Waals surface area contributed by atoms with Crippen LogP contribution in [0.1, 0.15) is 22.5 Å². The van der Waals surface area contributed by atoms with E-state index in [1.807, 2.05) is 28.9 Å². The lowest BCUT2D eigenvalue weighted by molar-refractivity contribution is 0.112. The molecular weight excluding hydrogens is 226 g/mol. The van der Waals surface area contributed by atoms with E-state index >= 15 is 0 Å². The predicted octanol–water partition coefficient (Wildman–Crippen LogP) is 1.64. The van der Waals surface area contributed by atoms with Gasteiger partial charge in [-0.25, -0.2) is 4.98 Å². The molecule has 18 heavy (non-hydrogen) atoms. The molecule has 1 unspecified atom stereocenters. The van der Waals surface area contributed by atoms with E-state index in [-0.39, 0.29) is 0 Å². The van der Waals surface area contributed by atoms with Gasteiger partial charge in [0.05, 0.1) is 11.3 Å². The summed E-state index contributed by atoms with van der Waals surface area (Å²) in [6.45, 7) is 2.33. The molecule has 0 radical (unpaired) electrons. The van der Waals surface area contributed by atoms with E-state index in [4.69, 9.17) is 0 Å². The smallest absolute Gasteiger partial charge is 0.153 e. The predicted molar refractivity (Wildman–Crippen MR) is 69.9 cm³/mol. The Balaban J connectivity index is 1.87. The highest BCUT2D eigenvalue weighted by Gasteiger charge is 2.20. The van der Waals surface area contributed by atoms with Gasteiger partial charge in [-0.3, -0.25) is 4.79 Å². The molecule has 0 saturated carbocycles. The maximum atomic E-state index is 11.0. The molecule has 2 aromatic rings. The number of aromatic nitrogens is 2. The van der Waals surface area contributed by atoms with Gasteiger partial charge in [0.25, 0.3) is 0 Å². The van der Waals surface area contributed by atoms with Crippen molar-refractivity contribution in [2.24, 2.45) is 5.92 Å². The normalized spacial score (nSPS) is 20.6. The van der Waals surface area contributed by atoms with E-state index in [2.05, 4.69) is 16.9 Å². The van der Waals surface area contributed by atoms with E-state index in [0.29, 0.717) is 11.5 Å². The molecule has 0 amide bonds. The van der Waals surface area contributed by atoms with Crippen molar-refractivity contribution in [1.29, 1.82) is 0 Å². The number of imidazole rings is 1. The maximum absolute atomic E-state index is 11.0. The first kappa shape index (κ1) is 11.4. The average Bonchev–Trinajstić information content (AvgIpc) is 2.94. The molecule has 3 rings (SSSR count). The monoisotopic (exact) mass is 243 g/mol. The molecule has 4 nitrogen and oxygen atoms in total. The molecule has 1 fully saturated rings. The average molecular weight is 243 g/mol. The van der Waals surface area contributed by atoms with Crippen LogP contribution in [0.3, 0.4) is 0 Å². The third-order valence-corrected chi connectivity index (χ3v) is 3.68. The van der Waals surface area contributed by atoms with Gasteiger partial charge in [-0.15, -0.1) is 0 Å². The lowest BCUT2D eigenvalue weighted by Gasteiger charge is -2.07. The molecule has 1 atom stereocenters. The zero-order valence-corrected chi connectivity index (χ0v) is 10.5. The third-order valence-electron chi connectivity index (χ3n) is 3.68. The van der Waals surface area contributed by atoms with Gasteiger partial charge in [-0.05, 0) is 44.5 Å². The summed E-state index contributed by atoms with van der Waals surface area (Å²) >= 11 is 0. The molecule has 1 aliphatic heterocycles. The van der Waals surface area contributed by atoms with Crippen LogP contribution in [0, 0.1) is 5.92 Å². The van der Waals surface area contributed by atoms with Gasteiger partial charge in [0, 0.05) is 18.9 Å². The molecule has 94 valence electrons. The molecule has 0 spiro atoms. The number of carbonyl (C=O) groups is 1. The van der Waals surface area contributed by atoms with Crippen LogP contribution >= 0.6 is 0 Å². The van der Waals surface area contributed by atoms with E-state index in [1.165, 1.54) is 13.0 Å². The van der Waals surface area contributed by atoms with Crippen molar-refractivity contribution in [3.8, 4) is 0 Å². The van der Waals surface area contributed by atoms with Crippen LogP contribution in [0.5, 0.6) is 0 Å². The molecule has 1 aliphatic rings. The number of carbonyl (C=O) groups excluding carboxylic acids is 1. The zero-order chi connectivity index (χ0) is 12.5. The van der Waals surface area contributed by atoms with Crippen LogP contribution in [-0.4, -0.2) is 40.7 Å². The maximum Gasteiger partial charge on any atom is 0.153 e. The van der Waals surface area contributed by atoms with Crippen molar-refractivity contribution in [1.82, 2.24) is 14.3 Å². The van der Waals surface area contributed by atoms with E-state index in [0.717, 1.165) is 30.6 Å². The highest BCUT2D eigenvalue weighted by Crippen LogP contribution is 2.20. The molecule has 0 aliphatic carbocycles. The molecule has 0 aromatic carbocycles. The lowest BCUT2D eigenvalue weighted by Crippen LogP contribution is -2.15. The molecule has 2 aromatic heterocycles. The molecule has 3 heterocycles. The fourth-order valence-corrected chi connectivity index (χ4v) is 2.76. The summed E-state index contributed by atoms with van der Waals surface area (Å²) in [5, 5.41) is 0. The lowest BCUT2D eigenvalue weighted by atomic mass is 10.0. The van der Waals surface area contributed by atoms with Crippen molar-refractivity contribution in [2.75, 3.05) is 20.1 Å². The van der Waals surface area contributed by atoms with Crippen molar-refractivity contribution in [2.45, 2.75) is 12.8 Å². The second kappa shape index (κ2) is 4.53. The Morgan fingerprint density at radius 2 is 2.44 bits per heavy atom. The fourth-order valence-electron chi connectivity index (χ4n) is 2.76. The second-order valence-corrected chi connectivity index (χ2v) is 5.17. The number of hydrogen-bond acceptors (Lipinski definition) is 3.